The molecular formula is C12H6Br4NO. The zero-order valence-corrected chi connectivity index (χ0v) is 15.1. The molecule has 0 heterocycles. The molecule has 3 N–H and O–H groups in total. The van der Waals surface area contributed by atoms with Crippen molar-refractivity contribution in [2.24, 2.45) is 0 Å². The maximum atomic E-state index is 9.70. The molecule has 0 bridgehead atoms. The quantitative estimate of drug-likeness (QED) is 0.510. The third-order valence-electron chi connectivity index (χ3n) is 2.36. The van der Waals surface area contributed by atoms with Crippen molar-refractivity contribution in [3.05, 3.63) is 42.2 Å². The summed E-state index contributed by atoms with van der Waals surface area (Å²) < 4.78 is 2.76. The number of nitrogens with two attached hydrogens (primary N) is 1. The van der Waals surface area contributed by atoms with Gasteiger partial charge in [0.2, 0.25) is 0 Å². The van der Waals surface area contributed by atoms with Gasteiger partial charge in [-0.2, -0.15) is 0 Å². The van der Waals surface area contributed by atoms with Crippen molar-refractivity contribution in [3.8, 4) is 16.9 Å². The summed E-state index contributed by atoms with van der Waals surface area (Å²) in [5, 5.41) is 9.70. The molecule has 18 heavy (non-hydrogen) atoms. The van der Waals surface area contributed by atoms with E-state index >= 15 is 0 Å². The van der Waals surface area contributed by atoms with Crippen LogP contribution in [-0.2, 0) is 0 Å². The van der Waals surface area contributed by atoms with Gasteiger partial charge >= 0.3 is 0 Å². The molecule has 0 spiro atoms. The summed E-state index contributed by atoms with van der Waals surface area (Å²) in [5.74, 6) is 0.167. The van der Waals surface area contributed by atoms with Gasteiger partial charge in [-0.1, -0.05) is 0 Å². The highest BCUT2D eigenvalue weighted by molar-refractivity contribution is 9.11. The normalized spacial score (nSPS) is 10.7. The van der Waals surface area contributed by atoms with Gasteiger partial charge in [0.05, 0.1) is 19.1 Å². The van der Waals surface area contributed by atoms with Crippen molar-refractivity contribution >= 4 is 69.4 Å². The van der Waals surface area contributed by atoms with Crippen LogP contribution in [0.5, 0.6) is 5.75 Å². The van der Waals surface area contributed by atoms with Crippen LogP contribution in [0.4, 0.5) is 5.69 Å². The van der Waals surface area contributed by atoms with E-state index in [1.54, 1.807) is 6.07 Å². The number of rotatable bonds is 1. The highest BCUT2D eigenvalue weighted by Crippen LogP contribution is 2.41. The van der Waals surface area contributed by atoms with E-state index in [1.165, 1.54) is 0 Å². The van der Waals surface area contributed by atoms with Crippen molar-refractivity contribution in [1.82, 2.24) is 0 Å². The second kappa shape index (κ2) is 5.53. The highest BCUT2D eigenvalue weighted by Gasteiger charge is 2.12. The van der Waals surface area contributed by atoms with Gasteiger partial charge in [-0.05, 0) is 93.5 Å². The maximum absolute atomic E-state index is 9.70. The Morgan fingerprint density at radius 2 is 1.56 bits per heavy atom. The Balaban J connectivity index is 2.67. The van der Waals surface area contributed by atoms with E-state index in [0.29, 0.717) is 14.6 Å². The van der Waals surface area contributed by atoms with Crippen molar-refractivity contribution < 1.29 is 5.11 Å². The van der Waals surface area contributed by atoms with Crippen LogP contribution in [0.2, 0.25) is 0 Å². The topological polar surface area (TPSA) is 46.2 Å². The van der Waals surface area contributed by atoms with E-state index in [2.05, 4.69) is 69.8 Å². The largest absolute Gasteiger partial charge is 0.506 e. The third kappa shape index (κ3) is 2.61. The van der Waals surface area contributed by atoms with Gasteiger partial charge < -0.3 is 10.8 Å². The zero-order valence-electron chi connectivity index (χ0n) is 8.77. The lowest BCUT2D eigenvalue weighted by Gasteiger charge is -2.10. The Morgan fingerprint density at radius 1 is 1.00 bits per heavy atom. The minimum absolute atomic E-state index is 0.167. The fourth-order valence-electron chi connectivity index (χ4n) is 1.44. The highest BCUT2D eigenvalue weighted by atomic mass is 79.9. The number of hydrogen-bond acceptors (Lipinski definition) is 2. The molecule has 0 saturated heterocycles. The van der Waals surface area contributed by atoms with Gasteiger partial charge in [0, 0.05) is 10.0 Å². The SMILES string of the molecule is Nc1c(Br)c[c]c(-c2cc(Br)c(O)c(Br)c2)c1Br. The molecule has 2 aromatic carbocycles. The van der Waals surface area contributed by atoms with Gasteiger partial charge in [0.25, 0.3) is 0 Å². The molecule has 1 radical (unpaired) electrons. The number of anilines is 1. The fourth-order valence-corrected chi connectivity index (χ4v) is 3.76. The molecule has 2 rings (SSSR count). The summed E-state index contributed by atoms with van der Waals surface area (Å²) in [6.07, 6.45) is 0. The number of benzene rings is 2. The number of aromatic hydroxyl groups is 1. The van der Waals surface area contributed by atoms with Gasteiger partial charge in [-0.3, -0.25) is 0 Å². The lowest BCUT2D eigenvalue weighted by Crippen LogP contribution is -1.91. The number of phenolic OH excluding ortho intramolecular Hbond substituents is 1. The van der Waals surface area contributed by atoms with E-state index in [4.69, 9.17) is 5.73 Å². The van der Waals surface area contributed by atoms with Crippen LogP contribution < -0.4 is 5.73 Å². The second-order valence-electron chi connectivity index (χ2n) is 3.53. The van der Waals surface area contributed by atoms with E-state index in [9.17, 15) is 5.11 Å². The monoisotopic (exact) mass is 496 g/mol. The van der Waals surface area contributed by atoms with Gasteiger partial charge in [-0.15, -0.1) is 0 Å². The van der Waals surface area contributed by atoms with Crippen LogP contribution in [-0.4, -0.2) is 5.11 Å². The Kier molecular flexibility index (Phi) is 4.41. The van der Waals surface area contributed by atoms with Crippen molar-refractivity contribution in [2.45, 2.75) is 0 Å². The number of halogens is 4. The molecule has 0 atom stereocenters. The van der Waals surface area contributed by atoms with Crippen LogP contribution in [0, 0.1) is 6.07 Å². The summed E-state index contributed by atoms with van der Waals surface area (Å²) in [4.78, 5) is 0. The molecule has 2 aromatic rings. The summed E-state index contributed by atoms with van der Waals surface area (Å²) in [6, 6.07) is 8.53. The number of phenols is 1. The minimum atomic E-state index is 0.167. The molecule has 0 aromatic heterocycles. The number of hydrogen-bond donors (Lipinski definition) is 2. The van der Waals surface area contributed by atoms with Crippen LogP contribution in [0.25, 0.3) is 11.1 Å². The Morgan fingerprint density at radius 3 is 2.11 bits per heavy atom. The van der Waals surface area contributed by atoms with E-state index in [1.807, 2.05) is 12.1 Å². The summed E-state index contributed by atoms with van der Waals surface area (Å²) >= 11 is 13.4. The van der Waals surface area contributed by atoms with Gasteiger partial charge in [0.15, 0.2) is 0 Å². The molecule has 0 unspecified atom stereocenters. The fraction of sp³-hybridized carbons (Fsp3) is 0. The minimum Gasteiger partial charge on any atom is -0.506 e. The zero-order chi connectivity index (χ0) is 13.4. The molecule has 0 aliphatic rings. The van der Waals surface area contributed by atoms with Crippen LogP contribution in [0.1, 0.15) is 0 Å². The Labute approximate surface area is 138 Å². The average Bonchev–Trinajstić information content (AvgIpc) is 2.33. The van der Waals surface area contributed by atoms with Crippen LogP contribution >= 0.6 is 63.7 Å². The molecule has 0 saturated carbocycles. The summed E-state index contributed by atoms with van der Waals surface area (Å²) in [6.45, 7) is 0. The average molecular weight is 500 g/mol. The first-order chi connectivity index (χ1) is 8.41. The molecule has 0 fully saturated rings. The first-order valence-corrected chi connectivity index (χ1v) is 7.92. The first-order valence-electron chi connectivity index (χ1n) is 4.75. The molecule has 0 amide bonds. The lowest BCUT2D eigenvalue weighted by molar-refractivity contribution is 0.468. The van der Waals surface area contributed by atoms with Gasteiger partial charge in [0.1, 0.15) is 5.75 Å². The second-order valence-corrected chi connectivity index (χ2v) is 6.88. The molecule has 6 heteroatoms. The smallest absolute Gasteiger partial charge is 0.143 e. The Hall–Kier alpha value is -0.0400. The van der Waals surface area contributed by atoms with Crippen LogP contribution in [0.15, 0.2) is 36.1 Å². The van der Waals surface area contributed by atoms with E-state index in [0.717, 1.165) is 20.1 Å². The molecule has 0 aliphatic carbocycles. The van der Waals surface area contributed by atoms with Gasteiger partial charge in [-0.25, -0.2) is 0 Å². The van der Waals surface area contributed by atoms with E-state index < -0.39 is 0 Å². The van der Waals surface area contributed by atoms with Crippen LogP contribution in [0.3, 0.4) is 0 Å². The summed E-state index contributed by atoms with van der Waals surface area (Å²) in [7, 11) is 0. The standard InChI is InChI=1S/C12H6Br4NO/c13-7-2-1-6(10(16)11(7)17)5-3-8(14)12(18)9(15)4-5/h2-4,18H,17H2. The Bertz CT molecular complexity index is 605. The van der Waals surface area contributed by atoms with Crippen molar-refractivity contribution in [3.63, 3.8) is 0 Å². The molecule has 93 valence electrons. The molecular weight excluding hydrogens is 494 g/mol. The van der Waals surface area contributed by atoms with E-state index in [-0.39, 0.29) is 5.75 Å². The predicted molar refractivity (Wildman–Crippen MR) is 87.6 cm³/mol. The van der Waals surface area contributed by atoms with Crippen molar-refractivity contribution in [2.75, 3.05) is 5.73 Å². The first kappa shape index (κ1) is 14.4. The number of nitrogen functional groups attached to an aromatic ring is 1. The predicted octanol–water partition coefficient (Wildman–Crippen LogP) is 5.49. The summed E-state index contributed by atoms with van der Waals surface area (Å²) in [5.41, 5.74) is 8.27. The maximum Gasteiger partial charge on any atom is 0.143 e. The van der Waals surface area contributed by atoms with Crippen molar-refractivity contribution in [1.29, 1.82) is 0 Å². The molecule has 2 nitrogen and oxygen atoms in total. The lowest BCUT2D eigenvalue weighted by atomic mass is 10.1. The third-order valence-corrected chi connectivity index (χ3v) is 5.05. The molecule has 0 aliphatic heterocycles.